The Morgan fingerprint density at radius 3 is 2.14 bits per heavy atom. The number of likely N-dealkylation sites (N-methyl/N-ethyl adjacent to an activating group) is 1. The van der Waals surface area contributed by atoms with E-state index >= 15 is 0 Å². The number of aliphatic carboxylic acids is 1. The lowest BCUT2D eigenvalue weighted by molar-refractivity contribution is -0.151. The molecule has 0 heterocycles. The summed E-state index contributed by atoms with van der Waals surface area (Å²) in [5, 5.41) is 12.2. The number of alkyl carbamates (subject to hydrolysis) is 1. The number of amides is 2. The molecule has 0 saturated heterocycles. The van der Waals surface area contributed by atoms with Crippen molar-refractivity contribution in [1.82, 2.24) is 10.2 Å². The van der Waals surface area contributed by atoms with E-state index < -0.39 is 17.6 Å². The number of nitrogens with one attached hydrogen (secondary N) is 1. The first-order valence-electron chi connectivity index (χ1n) is 12.2. The molecule has 35 heavy (non-hydrogen) atoms. The van der Waals surface area contributed by atoms with Gasteiger partial charge in [0.25, 0.3) is 0 Å². The third-order valence-corrected chi connectivity index (χ3v) is 7.57. The normalized spacial score (nSPS) is 15.6. The molecule has 2 aliphatic rings. The van der Waals surface area contributed by atoms with E-state index in [2.05, 4.69) is 29.6 Å². The van der Waals surface area contributed by atoms with E-state index in [0.29, 0.717) is 32.2 Å². The molecule has 1 saturated carbocycles. The molecule has 1 fully saturated rings. The standard InChI is InChI=1S/C28H34N2O5/c1-27(2,13-12-24(31)30(3)28(14-15-28)25(32)33)16-17-29-26(34)35-18-23-21-10-6-4-8-19(21)20-9-5-7-11-22(20)23/h4-11,23H,12-18H2,1-3H3,(H,29,34)(H,32,33). The van der Waals surface area contributed by atoms with Gasteiger partial charge in [0, 0.05) is 25.9 Å². The summed E-state index contributed by atoms with van der Waals surface area (Å²) in [5.74, 6) is -1.06. The molecule has 2 N–H and O–H groups in total. The molecule has 7 heteroatoms. The van der Waals surface area contributed by atoms with Crippen LogP contribution in [0, 0.1) is 5.41 Å². The van der Waals surface area contributed by atoms with E-state index in [1.54, 1.807) is 7.05 Å². The SMILES string of the molecule is CN(C(=O)CCC(C)(C)CCNC(=O)OCC1c2ccccc2-c2ccccc21)C1(C(=O)O)CC1. The molecule has 0 bridgehead atoms. The zero-order valence-corrected chi connectivity index (χ0v) is 20.7. The second-order valence-electron chi connectivity index (χ2n) is 10.5. The Labute approximate surface area is 206 Å². The van der Waals surface area contributed by atoms with Gasteiger partial charge in [-0.15, -0.1) is 0 Å². The van der Waals surface area contributed by atoms with Crippen molar-refractivity contribution in [2.75, 3.05) is 20.2 Å². The van der Waals surface area contributed by atoms with Crippen molar-refractivity contribution in [3.05, 3.63) is 59.7 Å². The van der Waals surface area contributed by atoms with Gasteiger partial charge in [0.15, 0.2) is 0 Å². The predicted molar refractivity (Wildman–Crippen MR) is 133 cm³/mol. The quantitative estimate of drug-likeness (QED) is 0.512. The van der Waals surface area contributed by atoms with Crippen LogP contribution in [0.1, 0.15) is 63.0 Å². The topological polar surface area (TPSA) is 95.9 Å². The number of hydrogen-bond acceptors (Lipinski definition) is 4. The molecule has 0 radical (unpaired) electrons. The number of benzene rings is 2. The van der Waals surface area contributed by atoms with Crippen molar-refractivity contribution >= 4 is 18.0 Å². The summed E-state index contributed by atoms with van der Waals surface area (Å²) in [4.78, 5) is 37.8. The minimum absolute atomic E-state index is 0.0214. The Morgan fingerprint density at radius 2 is 1.60 bits per heavy atom. The average molecular weight is 479 g/mol. The monoisotopic (exact) mass is 478 g/mol. The molecule has 2 aromatic rings. The maximum atomic E-state index is 12.5. The van der Waals surface area contributed by atoms with Gasteiger partial charge in [-0.3, -0.25) is 4.79 Å². The zero-order valence-electron chi connectivity index (χ0n) is 20.7. The van der Waals surface area contributed by atoms with Crippen LogP contribution >= 0.6 is 0 Å². The Balaban J connectivity index is 1.22. The summed E-state index contributed by atoms with van der Waals surface area (Å²) in [6.07, 6.45) is 2.14. The van der Waals surface area contributed by atoms with Gasteiger partial charge in [0.1, 0.15) is 12.1 Å². The van der Waals surface area contributed by atoms with Crippen molar-refractivity contribution in [2.24, 2.45) is 5.41 Å². The molecular weight excluding hydrogens is 444 g/mol. The molecule has 0 spiro atoms. The van der Waals surface area contributed by atoms with Gasteiger partial charge >= 0.3 is 12.1 Å². The zero-order chi connectivity index (χ0) is 25.2. The third-order valence-electron chi connectivity index (χ3n) is 7.57. The fourth-order valence-electron chi connectivity index (χ4n) is 4.94. The van der Waals surface area contributed by atoms with E-state index in [4.69, 9.17) is 4.74 Å². The smallest absolute Gasteiger partial charge is 0.407 e. The Kier molecular flexibility index (Phi) is 6.88. The van der Waals surface area contributed by atoms with Gasteiger partial charge in [-0.2, -0.15) is 0 Å². The summed E-state index contributed by atoms with van der Waals surface area (Å²) in [5.41, 5.74) is 3.53. The van der Waals surface area contributed by atoms with Gasteiger partial charge < -0.3 is 20.1 Å². The highest BCUT2D eigenvalue weighted by molar-refractivity contribution is 5.89. The molecule has 7 nitrogen and oxygen atoms in total. The Hall–Kier alpha value is -3.35. The van der Waals surface area contributed by atoms with E-state index in [1.807, 2.05) is 38.1 Å². The Morgan fingerprint density at radius 1 is 1.03 bits per heavy atom. The molecule has 0 aromatic heterocycles. The first-order valence-corrected chi connectivity index (χ1v) is 12.2. The van der Waals surface area contributed by atoms with Gasteiger partial charge in [-0.05, 0) is 53.4 Å². The summed E-state index contributed by atoms with van der Waals surface area (Å²) in [6.45, 7) is 4.80. The number of hydrogen-bond donors (Lipinski definition) is 2. The van der Waals surface area contributed by atoms with E-state index in [0.717, 1.165) is 0 Å². The van der Waals surface area contributed by atoms with E-state index in [9.17, 15) is 19.5 Å². The molecule has 2 aliphatic carbocycles. The van der Waals surface area contributed by atoms with E-state index in [-0.39, 0.29) is 30.3 Å². The number of ether oxygens (including phenoxy) is 1. The maximum absolute atomic E-state index is 12.5. The van der Waals surface area contributed by atoms with Crippen LogP contribution < -0.4 is 5.32 Å². The van der Waals surface area contributed by atoms with Crippen LogP contribution in [0.4, 0.5) is 4.79 Å². The summed E-state index contributed by atoms with van der Waals surface area (Å²) >= 11 is 0. The van der Waals surface area contributed by atoms with Crippen LogP contribution in [0.3, 0.4) is 0 Å². The van der Waals surface area contributed by atoms with Gasteiger partial charge in [-0.25, -0.2) is 9.59 Å². The Bertz CT molecular complexity index is 1080. The molecule has 2 amide bonds. The summed E-state index contributed by atoms with van der Waals surface area (Å²) in [7, 11) is 1.58. The van der Waals surface area contributed by atoms with Gasteiger partial charge in [-0.1, -0.05) is 62.4 Å². The van der Waals surface area contributed by atoms with Crippen LogP contribution in [0.2, 0.25) is 0 Å². The van der Waals surface area contributed by atoms with Crippen LogP contribution in [-0.2, 0) is 14.3 Å². The first kappa shape index (κ1) is 24.8. The number of carbonyl (C=O) groups is 3. The highest BCUT2D eigenvalue weighted by atomic mass is 16.5. The average Bonchev–Trinajstić information content (AvgIpc) is 3.59. The van der Waals surface area contributed by atoms with Crippen molar-refractivity contribution in [3.63, 3.8) is 0 Å². The summed E-state index contributed by atoms with van der Waals surface area (Å²) in [6, 6.07) is 16.4. The lowest BCUT2D eigenvalue weighted by Gasteiger charge is -2.28. The third kappa shape index (κ3) is 5.19. The van der Waals surface area contributed by atoms with Crippen molar-refractivity contribution in [2.45, 2.75) is 57.4 Å². The van der Waals surface area contributed by atoms with E-state index in [1.165, 1.54) is 27.2 Å². The maximum Gasteiger partial charge on any atom is 0.407 e. The van der Waals surface area contributed by atoms with Crippen LogP contribution in [0.25, 0.3) is 11.1 Å². The number of rotatable bonds is 10. The van der Waals surface area contributed by atoms with Crippen LogP contribution in [-0.4, -0.2) is 53.7 Å². The fraction of sp³-hybridized carbons (Fsp3) is 0.464. The predicted octanol–water partition coefficient (Wildman–Crippen LogP) is 4.80. The number of fused-ring (bicyclic) bond motifs is 3. The molecule has 0 atom stereocenters. The molecule has 2 aromatic carbocycles. The second-order valence-corrected chi connectivity index (χ2v) is 10.5. The first-order chi connectivity index (χ1) is 16.6. The van der Waals surface area contributed by atoms with Gasteiger partial charge in [0.05, 0.1) is 0 Å². The van der Waals surface area contributed by atoms with Crippen LogP contribution in [0.5, 0.6) is 0 Å². The lowest BCUT2D eigenvalue weighted by Crippen LogP contribution is -2.44. The largest absolute Gasteiger partial charge is 0.479 e. The molecule has 186 valence electrons. The summed E-state index contributed by atoms with van der Waals surface area (Å²) < 4.78 is 5.58. The number of carboxylic acids is 1. The van der Waals surface area contributed by atoms with Crippen molar-refractivity contribution < 1.29 is 24.2 Å². The molecular formula is C28H34N2O5. The minimum atomic E-state index is -1.01. The number of nitrogens with zero attached hydrogens (tertiary/aromatic N) is 1. The number of carbonyl (C=O) groups excluding carboxylic acids is 2. The molecule has 0 unspecified atom stereocenters. The second kappa shape index (κ2) is 9.72. The highest BCUT2D eigenvalue weighted by Crippen LogP contribution is 2.44. The highest BCUT2D eigenvalue weighted by Gasteiger charge is 2.55. The van der Waals surface area contributed by atoms with Crippen LogP contribution in [0.15, 0.2) is 48.5 Å². The van der Waals surface area contributed by atoms with Crippen molar-refractivity contribution in [3.8, 4) is 11.1 Å². The minimum Gasteiger partial charge on any atom is -0.479 e. The van der Waals surface area contributed by atoms with Crippen molar-refractivity contribution in [1.29, 1.82) is 0 Å². The fourth-order valence-corrected chi connectivity index (χ4v) is 4.94. The molecule has 0 aliphatic heterocycles. The number of carboxylic acid groups (broad SMARTS) is 1. The lowest BCUT2D eigenvalue weighted by atomic mass is 9.84. The van der Waals surface area contributed by atoms with Gasteiger partial charge in [0.2, 0.25) is 5.91 Å². The molecule has 4 rings (SSSR count).